The summed E-state index contributed by atoms with van der Waals surface area (Å²) in [6, 6.07) is 8.63. The Bertz CT molecular complexity index is 782. The molecule has 1 amide bonds. The van der Waals surface area contributed by atoms with Gasteiger partial charge < -0.3 is 9.73 Å². The largest absolute Gasteiger partial charge is 0.459 e. The van der Waals surface area contributed by atoms with Gasteiger partial charge in [0.2, 0.25) is 10.0 Å². The van der Waals surface area contributed by atoms with Gasteiger partial charge in [0.1, 0.15) is 0 Å². The highest BCUT2D eigenvalue weighted by Gasteiger charge is 2.18. The van der Waals surface area contributed by atoms with E-state index in [0.717, 1.165) is 17.4 Å². The van der Waals surface area contributed by atoms with Crippen molar-refractivity contribution in [3.8, 4) is 0 Å². The molecule has 0 atom stereocenters. The quantitative estimate of drug-likeness (QED) is 0.876. The van der Waals surface area contributed by atoms with Gasteiger partial charge in [0.25, 0.3) is 5.91 Å². The Morgan fingerprint density at radius 2 is 1.96 bits per heavy atom. The van der Waals surface area contributed by atoms with Gasteiger partial charge in [0, 0.05) is 6.54 Å². The summed E-state index contributed by atoms with van der Waals surface area (Å²) in [7, 11) is -3.44. The number of nitrogens with zero attached hydrogens (tertiary/aromatic N) is 1. The third-order valence-electron chi connectivity index (χ3n) is 3.52. The molecule has 23 heavy (non-hydrogen) atoms. The molecule has 6 nitrogen and oxygen atoms in total. The minimum Gasteiger partial charge on any atom is -0.459 e. The Labute approximate surface area is 136 Å². The Morgan fingerprint density at radius 3 is 2.52 bits per heavy atom. The number of hydrogen-bond acceptors (Lipinski definition) is 4. The zero-order valence-electron chi connectivity index (χ0n) is 13.4. The Kier molecular flexibility index (Phi) is 5.10. The van der Waals surface area contributed by atoms with E-state index in [2.05, 4.69) is 5.32 Å². The first-order chi connectivity index (χ1) is 10.8. The molecule has 1 heterocycles. The van der Waals surface area contributed by atoms with E-state index in [4.69, 9.17) is 4.42 Å². The molecule has 1 N–H and O–H groups in total. The van der Waals surface area contributed by atoms with Crippen molar-refractivity contribution in [2.24, 2.45) is 0 Å². The maximum absolute atomic E-state index is 12.0. The van der Waals surface area contributed by atoms with E-state index in [9.17, 15) is 13.2 Å². The van der Waals surface area contributed by atoms with Crippen LogP contribution in [0.3, 0.4) is 0 Å². The number of furan rings is 1. The minimum absolute atomic E-state index is 0.147. The smallest absolute Gasteiger partial charge is 0.287 e. The lowest BCUT2D eigenvalue weighted by Gasteiger charge is -2.23. The topological polar surface area (TPSA) is 79.6 Å². The molecular weight excluding hydrogens is 316 g/mol. The summed E-state index contributed by atoms with van der Waals surface area (Å²) >= 11 is 0. The molecule has 0 aliphatic carbocycles. The molecule has 1 aromatic heterocycles. The number of rotatable bonds is 6. The Morgan fingerprint density at radius 1 is 1.22 bits per heavy atom. The molecule has 0 spiro atoms. The van der Waals surface area contributed by atoms with Crippen LogP contribution in [0, 0.1) is 13.8 Å². The number of nitrogens with one attached hydrogen (secondary N) is 1. The first-order valence-electron chi connectivity index (χ1n) is 7.15. The van der Waals surface area contributed by atoms with Gasteiger partial charge in [0.05, 0.1) is 24.8 Å². The molecule has 0 bridgehead atoms. The van der Waals surface area contributed by atoms with Gasteiger partial charge >= 0.3 is 0 Å². The second kappa shape index (κ2) is 6.87. The summed E-state index contributed by atoms with van der Waals surface area (Å²) in [4.78, 5) is 11.8. The lowest BCUT2D eigenvalue weighted by atomic mass is 10.1. The van der Waals surface area contributed by atoms with Crippen LogP contribution in [-0.2, 0) is 10.0 Å². The average Bonchev–Trinajstić information content (AvgIpc) is 2.99. The van der Waals surface area contributed by atoms with Crippen LogP contribution in [0.5, 0.6) is 0 Å². The van der Waals surface area contributed by atoms with Gasteiger partial charge in [0.15, 0.2) is 5.76 Å². The zero-order chi connectivity index (χ0) is 17.0. The molecule has 1 aromatic carbocycles. The van der Waals surface area contributed by atoms with Crippen LogP contribution in [0.15, 0.2) is 41.0 Å². The first kappa shape index (κ1) is 17.1. The maximum Gasteiger partial charge on any atom is 0.287 e. The molecule has 0 aliphatic rings. The zero-order valence-corrected chi connectivity index (χ0v) is 14.2. The number of aryl methyl sites for hydroxylation is 2. The van der Waals surface area contributed by atoms with E-state index in [1.54, 1.807) is 18.2 Å². The van der Waals surface area contributed by atoms with E-state index in [1.807, 2.05) is 26.0 Å². The van der Waals surface area contributed by atoms with Gasteiger partial charge in [-0.1, -0.05) is 6.07 Å². The van der Waals surface area contributed by atoms with E-state index in [0.29, 0.717) is 5.69 Å². The number of amides is 1. The van der Waals surface area contributed by atoms with Gasteiger partial charge in [-0.3, -0.25) is 9.10 Å². The highest BCUT2D eigenvalue weighted by atomic mass is 32.2. The van der Waals surface area contributed by atoms with Gasteiger partial charge in [-0.25, -0.2) is 8.42 Å². The summed E-state index contributed by atoms with van der Waals surface area (Å²) < 4.78 is 30.3. The van der Waals surface area contributed by atoms with Gasteiger partial charge in [-0.05, 0) is 49.2 Å². The summed E-state index contributed by atoms with van der Waals surface area (Å²) in [5.41, 5.74) is 2.69. The Balaban J connectivity index is 2.08. The van der Waals surface area contributed by atoms with E-state index < -0.39 is 10.0 Å². The number of sulfonamides is 1. The van der Waals surface area contributed by atoms with Crippen molar-refractivity contribution in [1.82, 2.24) is 5.32 Å². The lowest BCUT2D eigenvalue weighted by molar-refractivity contribution is 0.0927. The third-order valence-corrected chi connectivity index (χ3v) is 4.72. The SMILES string of the molecule is Cc1ccc(N(CCNC(=O)c2ccco2)S(C)(=O)=O)cc1C. The fourth-order valence-electron chi connectivity index (χ4n) is 2.13. The maximum atomic E-state index is 12.0. The molecule has 0 saturated carbocycles. The van der Waals surface area contributed by atoms with Crippen molar-refractivity contribution in [3.63, 3.8) is 0 Å². The van der Waals surface area contributed by atoms with E-state index >= 15 is 0 Å². The average molecular weight is 336 g/mol. The van der Waals surface area contributed by atoms with Crippen LogP contribution in [0.25, 0.3) is 0 Å². The van der Waals surface area contributed by atoms with Gasteiger partial charge in [-0.15, -0.1) is 0 Å². The molecule has 0 aliphatic heterocycles. The van der Waals surface area contributed by atoms with Crippen LogP contribution < -0.4 is 9.62 Å². The predicted molar refractivity (Wildman–Crippen MR) is 89.1 cm³/mol. The van der Waals surface area contributed by atoms with Crippen LogP contribution in [-0.4, -0.2) is 33.7 Å². The molecule has 0 fully saturated rings. The second-order valence-electron chi connectivity index (χ2n) is 5.34. The number of benzene rings is 1. The number of carbonyl (C=O) groups excluding carboxylic acids is 1. The molecule has 0 unspecified atom stereocenters. The highest BCUT2D eigenvalue weighted by Crippen LogP contribution is 2.20. The second-order valence-corrected chi connectivity index (χ2v) is 7.24. The molecule has 0 radical (unpaired) electrons. The minimum atomic E-state index is -3.44. The fraction of sp³-hybridized carbons (Fsp3) is 0.312. The monoisotopic (exact) mass is 336 g/mol. The highest BCUT2D eigenvalue weighted by molar-refractivity contribution is 7.92. The summed E-state index contributed by atoms with van der Waals surface area (Å²) in [5, 5.41) is 2.64. The summed E-state index contributed by atoms with van der Waals surface area (Å²) in [5.74, 6) is -0.175. The predicted octanol–water partition coefficient (Wildman–Crippen LogP) is 2.09. The van der Waals surface area contributed by atoms with Crippen molar-refractivity contribution < 1.29 is 17.6 Å². The molecule has 124 valence electrons. The lowest BCUT2D eigenvalue weighted by Crippen LogP contribution is -2.38. The van der Waals surface area contributed by atoms with Crippen molar-refractivity contribution >= 4 is 21.6 Å². The fourth-order valence-corrected chi connectivity index (χ4v) is 3.05. The number of hydrogen-bond donors (Lipinski definition) is 1. The van der Waals surface area contributed by atoms with Crippen molar-refractivity contribution in [1.29, 1.82) is 0 Å². The van der Waals surface area contributed by atoms with Crippen molar-refractivity contribution in [3.05, 3.63) is 53.5 Å². The molecule has 7 heteroatoms. The number of carbonyl (C=O) groups is 1. The third kappa shape index (κ3) is 4.35. The van der Waals surface area contributed by atoms with E-state index in [1.165, 1.54) is 10.6 Å². The molecular formula is C16H20N2O4S. The number of anilines is 1. The van der Waals surface area contributed by atoms with Crippen LogP contribution in [0.2, 0.25) is 0 Å². The summed E-state index contributed by atoms with van der Waals surface area (Å²) in [6.07, 6.45) is 2.56. The van der Waals surface area contributed by atoms with Crippen LogP contribution >= 0.6 is 0 Å². The molecule has 2 rings (SSSR count). The molecule has 0 saturated heterocycles. The van der Waals surface area contributed by atoms with Crippen LogP contribution in [0.4, 0.5) is 5.69 Å². The molecule has 2 aromatic rings. The Hall–Kier alpha value is -2.28. The normalized spacial score (nSPS) is 11.3. The van der Waals surface area contributed by atoms with E-state index in [-0.39, 0.29) is 24.8 Å². The first-order valence-corrected chi connectivity index (χ1v) is 9.00. The summed E-state index contributed by atoms with van der Waals surface area (Å²) in [6.45, 7) is 4.22. The standard InChI is InChI=1S/C16H20N2O4S/c1-12-6-7-14(11-13(12)2)18(23(3,20)21)9-8-17-16(19)15-5-4-10-22-15/h4-7,10-11H,8-9H2,1-3H3,(H,17,19). The van der Waals surface area contributed by atoms with Crippen molar-refractivity contribution in [2.75, 3.05) is 23.7 Å². The van der Waals surface area contributed by atoms with Gasteiger partial charge in [-0.2, -0.15) is 0 Å². The van der Waals surface area contributed by atoms with Crippen molar-refractivity contribution in [2.45, 2.75) is 13.8 Å². The van der Waals surface area contributed by atoms with Crippen LogP contribution in [0.1, 0.15) is 21.7 Å².